The van der Waals surface area contributed by atoms with Crippen LogP contribution in [0.15, 0.2) is 121 Å². The fourth-order valence-corrected chi connectivity index (χ4v) is 4.77. The first kappa shape index (κ1) is 26.3. The van der Waals surface area contributed by atoms with Crippen LogP contribution in [0.1, 0.15) is 22.3 Å². The Morgan fingerprint density at radius 3 is 0.675 bits per heavy atom. The fourth-order valence-electron chi connectivity index (χ4n) is 4.77. The van der Waals surface area contributed by atoms with E-state index < -0.39 is 0 Å². The van der Waals surface area contributed by atoms with Crippen LogP contribution in [0.4, 0.5) is 0 Å². The number of carbonyl (C=O) groups is 4. The van der Waals surface area contributed by atoms with Crippen LogP contribution in [-0.4, -0.2) is 47.5 Å². The van der Waals surface area contributed by atoms with Crippen molar-refractivity contribution in [2.45, 2.75) is 0 Å². The van der Waals surface area contributed by atoms with Crippen LogP contribution in [0.5, 0.6) is 0 Å². The summed E-state index contributed by atoms with van der Waals surface area (Å²) in [5.41, 5.74) is 4.99. The smallest absolute Gasteiger partial charge is 0.261 e. The molecule has 2 heterocycles. The highest BCUT2D eigenvalue weighted by Crippen LogP contribution is 2.35. The number of imide groups is 2. The minimum absolute atomic E-state index is 0.250. The summed E-state index contributed by atoms with van der Waals surface area (Å²) >= 11 is 0. The second-order valence-electron chi connectivity index (χ2n) is 9.30. The Hall–Kier alpha value is -5.36. The lowest BCUT2D eigenvalue weighted by Gasteiger charge is -2.06. The van der Waals surface area contributed by atoms with Crippen molar-refractivity contribution < 1.29 is 19.2 Å². The molecule has 0 spiro atoms. The van der Waals surface area contributed by atoms with Gasteiger partial charge in [-0.2, -0.15) is 0 Å². The first-order valence-electron chi connectivity index (χ1n) is 12.7. The van der Waals surface area contributed by atoms with Gasteiger partial charge in [-0.05, 0) is 22.3 Å². The molecule has 6 nitrogen and oxygen atoms in total. The lowest BCUT2D eigenvalue weighted by molar-refractivity contribution is -0.135. The molecule has 6 heteroatoms. The topological polar surface area (TPSA) is 74.8 Å². The third kappa shape index (κ3) is 4.78. The van der Waals surface area contributed by atoms with Gasteiger partial charge in [-0.25, -0.2) is 0 Å². The highest BCUT2D eigenvalue weighted by Gasteiger charge is 2.38. The molecular formula is C34H26N2O4. The highest BCUT2D eigenvalue weighted by molar-refractivity contribution is 6.49. The number of hydrogen-bond donors (Lipinski definition) is 0. The standard InChI is InChI=1S/2C17H13NO2/c2*1-18-16(19)14(12-8-4-2-5-9-12)15(17(18)20)13-10-6-3-7-11-13/h2*2-11H,1H3. The van der Waals surface area contributed by atoms with Crippen molar-refractivity contribution in [1.82, 2.24) is 9.80 Å². The predicted octanol–water partition coefficient (Wildman–Crippen LogP) is 5.19. The first-order valence-corrected chi connectivity index (χ1v) is 12.7. The van der Waals surface area contributed by atoms with Gasteiger partial charge >= 0.3 is 0 Å². The molecule has 0 saturated carbocycles. The third-order valence-corrected chi connectivity index (χ3v) is 6.82. The van der Waals surface area contributed by atoms with E-state index in [0.29, 0.717) is 22.3 Å². The van der Waals surface area contributed by atoms with E-state index in [1.54, 1.807) is 0 Å². The molecule has 0 aromatic heterocycles. The van der Waals surface area contributed by atoms with E-state index in [9.17, 15) is 19.2 Å². The Morgan fingerprint density at radius 2 is 0.500 bits per heavy atom. The summed E-state index contributed by atoms with van der Waals surface area (Å²) in [6.45, 7) is 0. The Labute approximate surface area is 232 Å². The average Bonchev–Trinajstić information content (AvgIpc) is 3.38. The normalized spacial score (nSPS) is 15.2. The van der Waals surface area contributed by atoms with Gasteiger partial charge in [-0.15, -0.1) is 0 Å². The predicted molar refractivity (Wildman–Crippen MR) is 155 cm³/mol. The zero-order valence-electron chi connectivity index (χ0n) is 22.1. The molecule has 0 N–H and O–H groups in total. The molecule has 0 unspecified atom stereocenters. The molecular weight excluding hydrogens is 500 g/mol. The number of likely N-dealkylation sites (N-methyl/N-ethyl adjacent to an activating group) is 2. The van der Waals surface area contributed by atoms with E-state index in [-0.39, 0.29) is 23.6 Å². The van der Waals surface area contributed by atoms with Crippen LogP contribution in [0, 0.1) is 0 Å². The highest BCUT2D eigenvalue weighted by atomic mass is 16.2. The Bertz CT molecular complexity index is 1410. The lowest BCUT2D eigenvalue weighted by atomic mass is 9.96. The largest absolute Gasteiger partial charge is 0.277 e. The van der Waals surface area contributed by atoms with Gasteiger partial charge in [0, 0.05) is 14.1 Å². The van der Waals surface area contributed by atoms with E-state index in [0.717, 1.165) is 22.3 Å². The van der Waals surface area contributed by atoms with Gasteiger partial charge in [0.2, 0.25) is 0 Å². The molecule has 4 amide bonds. The van der Waals surface area contributed by atoms with E-state index in [2.05, 4.69) is 0 Å². The fraction of sp³-hybridized carbons (Fsp3) is 0.0588. The van der Waals surface area contributed by atoms with Crippen molar-refractivity contribution in [3.05, 3.63) is 144 Å². The summed E-state index contributed by atoms with van der Waals surface area (Å²) in [6.07, 6.45) is 0. The van der Waals surface area contributed by atoms with E-state index >= 15 is 0 Å². The van der Waals surface area contributed by atoms with Gasteiger partial charge in [0.25, 0.3) is 23.6 Å². The molecule has 2 aliphatic rings. The van der Waals surface area contributed by atoms with Gasteiger partial charge in [-0.1, -0.05) is 121 Å². The SMILES string of the molecule is CN1C(=O)C(c2ccccc2)=C(c2ccccc2)C1=O.CN1C(=O)C(c2ccccc2)=C(c2ccccc2)C1=O. The maximum absolute atomic E-state index is 12.3. The van der Waals surface area contributed by atoms with Crippen LogP contribution in [0.25, 0.3) is 22.3 Å². The summed E-state index contributed by atoms with van der Waals surface area (Å²) in [4.78, 5) is 51.7. The Kier molecular flexibility index (Phi) is 7.33. The van der Waals surface area contributed by atoms with Gasteiger partial charge in [0.1, 0.15) is 0 Å². The van der Waals surface area contributed by atoms with Crippen molar-refractivity contribution in [2.24, 2.45) is 0 Å². The molecule has 196 valence electrons. The minimum atomic E-state index is -0.250. The lowest BCUT2D eigenvalue weighted by Crippen LogP contribution is -2.26. The summed E-state index contributed by atoms with van der Waals surface area (Å²) < 4.78 is 0. The summed E-state index contributed by atoms with van der Waals surface area (Å²) in [7, 11) is 3.03. The quantitative estimate of drug-likeness (QED) is 0.343. The van der Waals surface area contributed by atoms with Crippen molar-refractivity contribution >= 4 is 45.9 Å². The molecule has 0 fully saturated rings. The molecule has 2 aliphatic heterocycles. The third-order valence-electron chi connectivity index (χ3n) is 6.82. The van der Waals surface area contributed by atoms with Crippen LogP contribution in [0.3, 0.4) is 0 Å². The monoisotopic (exact) mass is 526 g/mol. The molecule has 0 atom stereocenters. The van der Waals surface area contributed by atoms with Crippen LogP contribution >= 0.6 is 0 Å². The minimum Gasteiger partial charge on any atom is -0.277 e. The Morgan fingerprint density at radius 1 is 0.325 bits per heavy atom. The maximum Gasteiger partial charge on any atom is 0.261 e. The molecule has 6 rings (SSSR count). The van der Waals surface area contributed by atoms with Crippen LogP contribution < -0.4 is 0 Å². The van der Waals surface area contributed by atoms with Gasteiger partial charge in [0.15, 0.2) is 0 Å². The van der Waals surface area contributed by atoms with Crippen LogP contribution in [-0.2, 0) is 19.2 Å². The molecule has 0 radical (unpaired) electrons. The van der Waals surface area contributed by atoms with Gasteiger partial charge < -0.3 is 0 Å². The number of rotatable bonds is 4. The average molecular weight is 527 g/mol. The number of nitrogens with zero attached hydrogens (tertiary/aromatic N) is 2. The molecule has 4 aromatic carbocycles. The van der Waals surface area contributed by atoms with Crippen molar-refractivity contribution in [3.8, 4) is 0 Å². The summed E-state index contributed by atoms with van der Waals surface area (Å²) in [5, 5.41) is 0. The van der Waals surface area contributed by atoms with Crippen molar-refractivity contribution in [1.29, 1.82) is 0 Å². The van der Waals surface area contributed by atoms with E-state index in [1.807, 2.05) is 121 Å². The number of amides is 4. The van der Waals surface area contributed by atoms with Crippen molar-refractivity contribution in [2.75, 3.05) is 14.1 Å². The van der Waals surface area contributed by atoms with Gasteiger partial charge in [-0.3, -0.25) is 29.0 Å². The summed E-state index contributed by atoms with van der Waals surface area (Å²) in [6, 6.07) is 37.2. The molecule has 0 saturated heterocycles. The first-order chi connectivity index (χ1) is 19.4. The number of carbonyl (C=O) groups excluding carboxylic acids is 4. The number of hydrogen-bond acceptors (Lipinski definition) is 4. The van der Waals surface area contributed by atoms with Crippen LogP contribution in [0.2, 0.25) is 0 Å². The molecule has 40 heavy (non-hydrogen) atoms. The zero-order valence-corrected chi connectivity index (χ0v) is 22.1. The Balaban J connectivity index is 0.000000161. The van der Waals surface area contributed by atoms with Gasteiger partial charge in [0.05, 0.1) is 22.3 Å². The number of benzene rings is 4. The molecule has 0 bridgehead atoms. The molecule has 0 aliphatic carbocycles. The second-order valence-corrected chi connectivity index (χ2v) is 9.30. The van der Waals surface area contributed by atoms with Crippen molar-refractivity contribution in [3.63, 3.8) is 0 Å². The zero-order chi connectivity index (χ0) is 28.2. The second kappa shape index (κ2) is 11.2. The molecule has 4 aromatic rings. The summed E-state index contributed by atoms with van der Waals surface area (Å²) in [5.74, 6) is -1.000. The van der Waals surface area contributed by atoms with E-state index in [4.69, 9.17) is 0 Å². The maximum atomic E-state index is 12.3. The van der Waals surface area contributed by atoms with E-state index in [1.165, 1.54) is 23.9 Å².